The van der Waals surface area contributed by atoms with Crippen LogP contribution in [0.2, 0.25) is 10.0 Å². The fourth-order valence-electron chi connectivity index (χ4n) is 4.31. The molecule has 37 heavy (non-hydrogen) atoms. The van der Waals surface area contributed by atoms with Gasteiger partial charge in [0.1, 0.15) is 11.4 Å². The molecule has 2 aromatic carbocycles. The van der Waals surface area contributed by atoms with E-state index in [1.165, 1.54) is 24.1 Å². The maximum Gasteiger partial charge on any atom is 0.262 e. The van der Waals surface area contributed by atoms with Gasteiger partial charge in [-0.1, -0.05) is 48.9 Å². The van der Waals surface area contributed by atoms with Crippen LogP contribution in [0.1, 0.15) is 44.9 Å². The minimum absolute atomic E-state index is 0.0856. The Morgan fingerprint density at radius 1 is 1.08 bits per heavy atom. The third kappa shape index (κ3) is 9.22. The minimum Gasteiger partial charge on any atom is -0.379 e. The summed E-state index contributed by atoms with van der Waals surface area (Å²) >= 11 is 16.2. The summed E-state index contributed by atoms with van der Waals surface area (Å²) in [7, 11) is 5.69. The summed E-state index contributed by atoms with van der Waals surface area (Å²) in [6.07, 6.45) is 6.55. The highest BCUT2D eigenvalue weighted by atomic mass is 35.5. The van der Waals surface area contributed by atoms with Crippen molar-refractivity contribution < 1.29 is 13.9 Å². The van der Waals surface area contributed by atoms with Crippen LogP contribution in [0.15, 0.2) is 46.2 Å². The number of rotatable bonds is 12. The molecule has 2 aromatic rings. The van der Waals surface area contributed by atoms with Crippen LogP contribution in [-0.4, -0.2) is 56.0 Å². The highest BCUT2D eigenvalue weighted by Crippen LogP contribution is 2.37. The summed E-state index contributed by atoms with van der Waals surface area (Å²) in [5.41, 5.74) is -0.111. The molecule has 10 heteroatoms. The quantitative estimate of drug-likeness (QED) is 0.152. The topological polar surface area (TPSA) is 53.6 Å². The molecular formula is C27H36Cl2FN3O2S2. The molecule has 0 bridgehead atoms. The van der Waals surface area contributed by atoms with Gasteiger partial charge in [0.2, 0.25) is 0 Å². The van der Waals surface area contributed by atoms with Crippen LogP contribution >= 0.6 is 46.9 Å². The van der Waals surface area contributed by atoms with Gasteiger partial charge >= 0.3 is 0 Å². The third-order valence-electron chi connectivity index (χ3n) is 6.53. The van der Waals surface area contributed by atoms with E-state index in [-0.39, 0.29) is 17.8 Å². The number of anilines is 1. The first-order valence-corrected chi connectivity index (χ1v) is 15.1. The third-order valence-corrected chi connectivity index (χ3v) is 9.06. The molecule has 1 aliphatic rings. The van der Waals surface area contributed by atoms with Crippen LogP contribution in [0, 0.1) is 5.82 Å². The van der Waals surface area contributed by atoms with Gasteiger partial charge < -0.3 is 15.0 Å². The number of nitrogens with zero attached hydrogens (tertiary/aromatic N) is 1. The van der Waals surface area contributed by atoms with Gasteiger partial charge in [0.25, 0.3) is 5.91 Å². The second-order valence-electron chi connectivity index (χ2n) is 9.61. The van der Waals surface area contributed by atoms with Crippen molar-refractivity contribution in [2.75, 3.05) is 38.8 Å². The van der Waals surface area contributed by atoms with Crippen molar-refractivity contribution in [1.29, 1.82) is 0 Å². The van der Waals surface area contributed by atoms with Crippen LogP contribution in [0.5, 0.6) is 0 Å². The summed E-state index contributed by atoms with van der Waals surface area (Å²) in [6, 6.07) is 10.2. The van der Waals surface area contributed by atoms with Crippen molar-refractivity contribution in [3.05, 3.63) is 52.3 Å². The van der Waals surface area contributed by atoms with E-state index in [4.69, 9.17) is 27.9 Å². The molecule has 1 aliphatic carbocycles. The first kappa shape index (κ1) is 30.4. The normalized spacial score (nSPS) is 16.3. The van der Waals surface area contributed by atoms with E-state index in [9.17, 15) is 9.18 Å². The summed E-state index contributed by atoms with van der Waals surface area (Å²) in [5, 5.41) is 4.49. The first-order chi connectivity index (χ1) is 17.7. The lowest BCUT2D eigenvalue weighted by atomic mass is 9.93. The number of thioether (sulfide) groups is 1. The number of halogens is 3. The maximum absolute atomic E-state index is 13.3. The smallest absolute Gasteiger partial charge is 0.262 e. The summed E-state index contributed by atoms with van der Waals surface area (Å²) in [4.78, 5) is 16.9. The van der Waals surface area contributed by atoms with Crippen molar-refractivity contribution in [3.8, 4) is 0 Å². The molecule has 0 radical (unpaired) electrons. The van der Waals surface area contributed by atoms with E-state index in [1.807, 2.05) is 26.2 Å². The number of carbonyl (C=O) groups is 1. The highest BCUT2D eigenvalue weighted by Gasteiger charge is 2.38. The lowest BCUT2D eigenvalue weighted by molar-refractivity contribution is -0.143. The lowest BCUT2D eigenvalue weighted by Crippen LogP contribution is -2.45. The summed E-state index contributed by atoms with van der Waals surface area (Å²) in [5.74, 6) is 0.404. The molecule has 0 aliphatic heterocycles. The molecule has 0 saturated heterocycles. The van der Waals surface area contributed by atoms with Crippen molar-refractivity contribution >= 4 is 58.5 Å². The van der Waals surface area contributed by atoms with Gasteiger partial charge in [-0.3, -0.25) is 9.52 Å². The Hall–Kier alpha value is -1.16. The molecular weight excluding hydrogens is 552 g/mol. The van der Waals surface area contributed by atoms with Crippen molar-refractivity contribution in [1.82, 2.24) is 9.62 Å². The Morgan fingerprint density at radius 3 is 2.27 bits per heavy atom. The van der Waals surface area contributed by atoms with E-state index in [2.05, 4.69) is 14.9 Å². The molecule has 204 valence electrons. The van der Waals surface area contributed by atoms with Crippen LogP contribution in [0.4, 0.5) is 10.1 Å². The molecule has 5 nitrogen and oxygen atoms in total. The van der Waals surface area contributed by atoms with E-state index < -0.39 is 5.60 Å². The molecule has 1 unspecified atom stereocenters. The molecule has 0 aromatic heterocycles. The van der Waals surface area contributed by atoms with Gasteiger partial charge in [-0.25, -0.2) is 4.39 Å². The standard InChI is InChI=1S/C27H36Cl2FN3O2S2/c1-33(2)15-12-20(18-36-21-10-8-19(30)9-11-21)31-25-23(28)16-22(17-24(25)29)37-32-26(34)27(35-3)13-6-4-5-7-14-27/h8-11,16-17,20,31H,4-7,12-15,18H2,1-3H3,(H,32,34). The monoisotopic (exact) mass is 587 g/mol. The predicted molar refractivity (Wildman–Crippen MR) is 156 cm³/mol. The zero-order chi connectivity index (χ0) is 26.8. The summed E-state index contributed by atoms with van der Waals surface area (Å²) in [6.45, 7) is 0.887. The molecule has 1 fully saturated rings. The number of methoxy groups -OCH3 is 1. The Morgan fingerprint density at radius 2 is 1.70 bits per heavy atom. The SMILES string of the molecule is COC1(C(=O)NSc2cc(Cl)c(NC(CCN(C)C)CSc3ccc(F)cc3)c(Cl)c2)CCCCCC1. The van der Waals surface area contributed by atoms with Crippen LogP contribution < -0.4 is 10.0 Å². The van der Waals surface area contributed by atoms with Crippen LogP contribution in [-0.2, 0) is 9.53 Å². The summed E-state index contributed by atoms with van der Waals surface area (Å²) < 4.78 is 21.9. The van der Waals surface area contributed by atoms with E-state index in [0.29, 0.717) is 15.7 Å². The Bertz CT molecular complexity index is 996. The largest absolute Gasteiger partial charge is 0.379 e. The van der Waals surface area contributed by atoms with Gasteiger partial charge in [0.05, 0.1) is 15.7 Å². The minimum atomic E-state index is -0.777. The molecule has 3 rings (SSSR count). The fraction of sp³-hybridized carbons (Fsp3) is 0.519. The molecule has 0 heterocycles. The number of hydrogen-bond acceptors (Lipinski definition) is 6. The van der Waals surface area contributed by atoms with Gasteiger partial charge in [-0.2, -0.15) is 0 Å². The van der Waals surface area contributed by atoms with Gasteiger partial charge in [-0.15, -0.1) is 11.8 Å². The number of ether oxygens (including phenoxy) is 1. The maximum atomic E-state index is 13.3. The van der Waals surface area contributed by atoms with Gasteiger partial charge in [0, 0.05) is 28.7 Å². The fourth-order valence-corrected chi connectivity index (χ4v) is 6.76. The number of amides is 1. The van der Waals surface area contributed by atoms with Crippen LogP contribution in [0.3, 0.4) is 0 Å². The molecule has 2 N–H and O–H groups in total. The second kappa shape index (κ2) is 14.8. The molecule has 1 atom stereocenters. The van der Waals surface area contributed by atoms with E-state index in [1.54, 1.807) is 31.0 Å². The van der Waals surface area contributed by atoms with Crippen LogP contribution in [0.25, 0.3) is 0 Å². The van der Waals surface area contributed by atoms with Gasteiger partial charge in [0.15, 0.2) is 0 Å². The van der Waals surface area contributed by atoms with Gasteiger partial charge in [-0.05, 0) is 88.2 Å². The predicted octanol–water partition coefficient (Wildman–Crippen LogP) is 7.52. The Labute approximate surface area is 238 Å². The second-order valence-corrected chi connectivity index (χ2v) is 12.4. The molecule has 0 spiro atoms. The Balaban J connectivity index is 1.66. The van der Waals surface area contributed by atoms with Crippen molar-refractivity contribution in [3.63, 3.8) is 0 Å². The first-order valence-electron chi connectivity index (χ1n) is 12.5. The zero-order valence-corrected chi connectivity index (χ0v) is 24.8. The molecule has 1 saturated carbocycles. The number of nitrogens with one attached hydrogen (secondary N) is 2. The number of carbonyl (C=O) groups excluding carboxylic acids is 1. The highest BCUT2D eigenvalue weighted by molar-refractivity contribution is 7.99. The average molecular weight is 589 g/mol. The zero-order valence-electron chi connectivity index (χ0n) is 21.6. The van der Waals surface area contributed by atoms with E-state index >= 15 is 0 Å². The number of benzene rings is 2. The Kier molecular flexibility index (Phi) is 12.2. The van der Waals surface area contributed by atoms with E-state index in [0.717, 1.165) is 67.0 Å². The average Bonchev–Trinajstić information content (AvgIpc) is 3.13. The van der Waals surface area contributed by atoms with Crippen molar-refractivity contribution in [2.24, 2.45) is 0 Å². The number of hydrogen-bond donors (Lipinski definition) is 2. The molecule has 1 amide bonds. The lowest BCUT2D eigenvalue weighted by Gasteiger charge is -2.29. The van der Waals surface area contributed by atoms with Crippen molar-refractivity contribution in [2.45, 2.75) is 66.4 Å².